The number of benzene rings is 1. The summed E-state index contributed by atoms with van der Waals surface area (Å²) >= 11 is 1.73. The smallest absolute Gasteiger partial charge is 0.251 e. The summed E-state index contributed by atoms with van der Waals surface area (Å²) < 4.78 is 0. The molecular formula is C16H21N3OS. The van der Waals surface area contributed by atoms with Gasteiger partial charge in [-0.2, -0.15) is 0 Å². The number of rotatable bonds is 6. The van der Waals surface area contributed by atoms with Crippen LogP contribution in [0.3, 0.4) is 0 Å². The molecule has 4 nitrogen and oxygen atoms in total. The minimum atomic E-state index is -0.0356. The van der Waals surface area contributed by atoms with E-state index in [0.717, 1.165) is 23.7 Å². The van der Waals surface area contributed by atoms with Gasteiger partial charge in [-0.05, 0) is 44.5 Å². The van der Waals surface area contributed by atoms with Crippen molar-refractivity contribution in [2.45, 2.75) is 39.8 Å². The van der Waals surface area contributed by atoms with E-state index < -0.39 is 0 Å². The Kier molecular flexibility index (Phi) is 5.33. The highest BCUT2D eigenvalue weighted by atomic mass is 32.1. The second-order valence-corrected chi connectivity index (χ2v) is 6.33. The predicted molar refractivity (Wildman–Crippen MR) is 87.9 cm³/mol. The first kappa shape index (κ1) is 15.5. The maximum atomic E-state index is 11.8. The molecule has 0 saturated carbocycles. The molecule has 1 heterocycles. The quantitative estimate of drug-likeness (QED) is 0.859. The van der Waals surface area contributed by atoms with Crippen LogP contribution in [-0.4, -0.2) is 16.9 Å². The summed E-state index contributed by atoms with van der Waals surface area (Å²) in [5.74, 6) is -0.0356. The third kappa shape index (κ3) is 4.56. The van der Waals surface area contributed by atoms with Crippen molar-refractivity contribution in [2.75, 3.05) is 5.32 Å². The lowest BCUT2D eigenvalue weighted by atomic mass is 10.2. The summed E-state index contributed by atoms with van der Waals surface area (Å²) in [7, 11) is 0. The van der Waals surface area contributed by atoms with Crippen LogP contribution >= 0.6 is 11.3 Å². The fourth-order valence-electron chi connectivity index (χ4n) is 1.87. The molecule has 5 heteroatoms. The van der Waals surface area contributed by atoms with E-state index in [2.05, 4.69) is 22.5 Å². The highest BCUT2D eigenvalue weighted by Crippen LogP contribution is 2.16. The first-order valence-corrected chi connectivity index (χ1v) is 7.98. The highest BCUT2D eigenvalue weighted by Gasteiger charge is 2.06. The number of hydrogen-bond acceptors (Lipinski definition) is 4. The Morgan fingerprint density at radius 3 is 2.57 bits per heavy atom. The van der Waals surface area contributed by atoms with E-state index in [9.17, 15) is 4.79 Å². The minimum absolute atomic E-state index is 0.0356. The van der Waals surface area contributed by atoms with Gasteiger partial charge in [-0.3, -0.25) is 4.79 Å². The Morgan fingerprint density at radius 1 is 1.29 bits per heavy atom. The van der Waals surface area contributed by atoms with E-state index in [0.29, 0.717) is 5.56 Å². The lowest BCUT2D eigenvalue weighted by Gasteiger charge is -2.09. The molecule has 112 valence electrons. The molecule has 2 aromatic rings. The number of thiazole rings is 1. The largest absolute Gasteiger partial charge is 0.380 e. The van der Waals surface area contributed by atoms with Gasteiger partial charge in [0.25, 0.3) is 5.91 Å². The van der Waals surface area contributed by atoms with Gasteiger partial charge in [-0.1, -0.05) is 6.92 Å². The molecule has 21 heavy (non-hydrogen) atoms. The predicted octanol–water partition coefficient (Wildman–Crippen LogP) is 3.46. The number of amides is 1. The fraction of sp³-hybridized carbons (Fsp3) is 0.375. The lowest BCUT2D eigenvalue weighted by Crippen LogP contribution is -2.29. The number of hydrogen-bond donors (Lipinski definition) is 2. The normalized spacial score (nSPS) is 10.7. The Balaban J connectivity index is 1.91. The van der Waals surface area contributed by atoms with E-state index in [4.69, 9.17) is 0 Å². The topological polar surface area (TPSA) is 54.0 Å². The second kappa shape index (κ2) is 7.22. The van der Waals surface area contributed by atoms with E-state index in [-0.39, 0.29) is 11.9 Å². The molecule has 0 radical (unpaired) electrons. The van der Waals surface area contributed by atoms with Crippen LogP contribution in [0.25, 0.3) is 0 Å². The Labute approximate surface area is 129 Å². The van der Waals surface area contributed by atoms with E-state index in [1.807, 2.05) is 44.3 Å². The minimum Gasteiger partial charge on any atom is -0.380 e. The third-order valence-electron chi connectivity index (χ3n) is 2.94. The van der Waals surface area contributed by atoms with Crippen LogP contribution < -0.4 is 10.6 Å². The number of aryl methyl sites for hydroxylation is 1. The molecule has 0 fully saturated rings. The number of carbonyl (C=O) groups is 1. The molecule has 0 aliphatic carbocycles. The van der Waals surface area contributed by atoms with Crippen LogP contribution in [-0.2, 0) is 13.0 Å². The van der Waals surface area contributed by atoms with Crippen LogP contribution in [0.2, 0.25) is 0 Å². The average molecular weight is 303 g/mol. The summed E-state index contributed by atoms with van der Waals surface area (Å²) in [5, 5.41) is 7.38. The number of aromatic nitrogens is 1. The Morgan fingerprint density at radius 2 is 2.00 bits per heavy atom. The van der Waals surface area contributed by atoms with Crippen LogP contribution in [0.15, 0.2) is 30.5 Å². The highest BCUT2D eigenvalue weighted by molar-refractivity contribution is 7.11. The second-order valence-electron chi connectivity index (χ2n) is 5.13. The number of nitrogens with zero attached hydrogens (tertiary/aromatic N) is 1. The van der Waals surface area contributed by atoms with Gasteiger partial charge in [0, 0.05) is 28.4 Å². The molecule has 0 bridgehead atoms. The van der Waals surface area contributed by atoms with Gasteiger partial charge in [0.1, 0.15) is 0 Å². The molecule has 0 aliphatic heterocycles. The summed E-state index contributed by atoms with van der Waals surface area (Å²) in [6.45, 7) is 6.77. The summed E-state index contributed by atoms with van der Waals surface area (Å²) in [4.78, 5) is 17.4. The zero-order valence-electron chi connectivity index (χ0n) is 12.6. The van der Waals surface area contributed by atoms with Gasteiger partial charge in [0.15, 0.2) is 0 Å². The standard InChI is InChI=1S/C16H21N3OS/c1-4-15-18-10-14(21-15)9-17-13-7-5-12(6-8-13)16(20)19-11(2)3/h5-8,10-11,17H,4,9H2,1-3H3,(H,19,20). The maximum absolute atomic E-state index is 11.8. The van der Waals surface area contributed by atoms with Crippen LogP contribution in [0.5, 0.6) is 0 Å². The molecule has 0 spiro atoms. The van der Waals surface area contributed by atoms with E-state index in [1.54, 1.807) is 11.3 Å². The number of nitrogens with one attached hydrogen (secondary N) is 2. The van der Waals surface area contributed by atoms with Crippen molar-refractivity contribution < 1.29 is 4.79 Å². The van der Waals surface area contributed by atoms with Gasteiger partial charge < -0.3 is 10.6 Å². The zero-order valence-corrected chi connectivity index (χ0v) is 13.5. The number of anilines is 1. The fourth-order valence-corrected chi connectivity index (χ4v) is 2.67. The van der Waals surface area contributed by atoms with Crippen molar-refractivity contribution in [3.8, 4) is 0 Å². The van der Waals surface area contributed by atoms with E-state index >= 15 is 0 Å². The first-order chi connectivity index (χ1) is 10.1. The van der Waals surface area contributed by atoms with Crippen molar-refractivity contribution in [3.05, 3.63) is 45.9 Å². The number of carbonyl (C=O) groups excluding carboxylic acids is 1. The molecule has 1 aromatic heterocycles. The van der Waals surface area contributed by atoms with Crippen molar-refractivity contribution in [1.29, 1.82) is 0 Å². The Bertz CT molecular complexity index is 590. The summed E-state index contributed by atoms with van der Waals surface area (Å²) in [5.41, 5.74) is 1.68. The van der Waals surface area contributed by atoms with E-state index in [1.165, 1.54) is 4.88 Å². The van der Waals surface area contributed by atoms with Crippen LogP contribution in [0, 0.1) is 0 Å². The van der Waals surface area contributed by atoms with Crippen molar-refractivity contribution in [1.82, 2.24) is 10.3 Å². The summed E-state index contributed by atoms with van der Waals surface area (Å²) in [6, 6.07) is 7.68. The molecule has 0 saturated heterocycles. The monoisotopic (exact) mass is 303 g/mol. The van der Waals surface area contributed by atoms with Crippen LogP contribution in [0.1, 0.15) is 41.0 Å². The van der Waals surface area contributed by atoms with Gasteiger partial charge in [0.2, 0.25) is 0 Å². The molecule has 2 N–H and O–H groups in total. The molecule has 0 atom stereocenters. The Hall–Kier alpha value is -1.88. The SMILES string of the molecule is CCc1ncc(CNc2ccc(C(=O)NC(C)C)cc2)s1. The maximum Gasteiger partial charge on any atom is 0.251 e. The van der Waals surface area contributed by atoms with Crippen molar-refractivity contribution in [3.63, 3.8) is 0 Å². The first-order valence-electron chi connectivity index (χ1n) is 7.17. The van der Waals surface area contributed by atoms with Gasteiger partial charge in [-0.25, -0.2) is 4.98 Å². The molecule has 0 unspecified atom stereocenters. The zero-order chi connectivity index (χ0) is 15.2. The van der Waals surface area contributed by atoms with Crippen molar-refractivity contribution >= 4 is 22.9 Å². The molecular weight excluding hydrogens is 282 g/mol. The van der Waals surface area contributed by atoms with Crippen molar-refractivity contribution in [2.24, 2.45) is 0 Å². The molecule has 2 rings (SSSR count). The van der Waals surface area contributed by atoms with Crippen LogP contribution in [0.4, 0.5) is 5.69 Å². The van der Waals surface area contributed by atoms with Gasteiger partial charge in [-0.15, -0.1) is 11.3 Å². The average Bonchev–Trinajstić information content (AvgIpc) is 2.93. The van der Waals surface area contributed by atoms with Gasteiger partial charge >= 0.3 is 0 Å². The molecule has 0 aliphatic rings. The summed E-state index contributed by atoms with van der Waals surface area (Å²) in [6.07, 6.45) is 2.89. The lowest BCUT2D eigenvalue weighted by molar-refractivity contribution is 0.0943. The molecule has 1 amide bonds. The van der Waals surface area contributed by atoms with Gasteiger partial charge in [0.05, 0.1) is 11.6 Å². The molecule has 1 aromatic carbocycles. The third-order valence-corrected chi connectivity index (χ3v) is 4.08.